The Bertz CT molecular complexity index is 527. The standard InChI is InChI=1S/C19H30N2O/c1-6-12-21(13-15-10-11-15)18(22)20-17-14(2)8-7-9-16(17)19(3,4)5/h7-9,15H,6,10-13H2,1-5H3,(H,20,22). The molecule has 0 aliphatic heterocycles. The Hall–Kier alpha value is -1.51. The molecule has 0 unspecified atom stereocenters. The summed E-state index contributed by atoms with van der Waals surface area (Å²) in [5, 5.41) is 3.19. The van der Waals surface area contributed by atoms with E-state index in [1.54, 1.807) is 0 Å². The van der Waals surface area contributed by atoms with Gasteiger partial charge in [0.25, 0.3) is 0 Å². The van der Waals surface area contributed by atoms with Gasteiger partial charge in [-0.05, 0) is 48.6 Å². The van der Waals surface area contributed by atoms with Gasteiger partial charge in [0.1, 0.15) is 0 Å². The Kier molecular flexibility index (Phi) is 5.15. The van der Waals surface area contributed by atoms with Gasteiger partial charge in [0.05, 0.1) is 0 Å². The van der Waals surface area contributed by atoms with Crippen LogP contribution in [0.2, 0.25) is 0 Å². The maximum Gasteiger partial charge on any atom is 0.321 e. The van der Waals surface area contributed by atoms with E-state index in [-0.39, 0.29) is 11.4 Å². The van der Waals surface area contributed by atoms with Crippen LogP contribution in [0.5, 0.6) is 0 Å². The number of rotatable bonds is 5. The third-order valence-electron chi connectivity index (χ3n) is 4.27. The fourth-order valence-electron chi connectivity index (χ4n) is 2.80. The third-order valence-corrected chi connectivity index (χ3v) is 4.27. The predicted octanol–water partition coefficient (Wildman–Crippen LogP) is 4.95. The summed E-state index contributed by atoms with van der Waals surface area (Å²) in [6.45, 7) is 12.5. The number of benzene rings is 1. The summed E-state index contributed by atoms with van der Waals surface area (Å²) in [5.74, 6) is 0.719. The van der Waals surface area contributed by atoms with Crippen molar-refractivity contribution < 1.29 is 4.79 Å². The Labute approximate surface area is 135 Å². The number of amides is 2. The lowest BCUT2D eigenvalue weighted by molar-refractivity contribution is 0.209. The van der Waals surface area contributed by atoms with E-state index in [1.165, 1.54) is 18.4 Å². The molecule has 122 valence electrons. The van der Waals surface area contributed by atoms with Crippen LogP contribution in [0.25, 0.3) is 0 Å². The third kappa shape index (κ3) is 4.25. The zero-order valence-corrected chi connectivity index (χ0v) is 14.7. The van der Waals surface area contributed by atoms with Crippen molar-refractivity contribution in [2.45, 2.75) is 59.3 Å². The van der Waals surface area contributed by atoms with E-state index in [9.17, 15) is 4.79 Å². The highest BCUT2D eigenvalue weighted by atomic mass is 16.2. The van der Waals surface area contributed by atoms with E-state index in [2.05, 4.69) is 58.1 Å². The van der Waals surface area contributed by atoms with Crippen LogP contribution in [-0.2, 0) is 5.41 Å². The second kappa shape index (κ2) is 6.72. The monoisotopic (exact) mass is 302 g/mol. The second-order valence-electron chi connectivity index (χ2n) is 7.57. The normalized spacial score (nSPS) is 14.8. The van der Waals surface area contributed by atoms with E-state index in [1.807, 2.05) is 4.90 Å². The summed E-state index contributed by atoms with van der Waals surface area (Å²) >= 11 is 0. The molecule has 1 aromatic carbocycles. The SMILES string of the molecule is CCCN(CC1CC1)C(=O)Nc1c(C)cccc1C(C)(C)C. The molecule has 1 aromatic rings. The summed E-state index contributed by atoms with van der Waals surface area (Å²) in [6.07, 6.45) is 3.54. The van der Waals surface area contributed by atoms with Gasteiger partial charge in [0, 0.05) is 18.8 Å². The average Bonchev–Trinajstić information content (AvgIpc) is 3.23. The van der Waals surface area contributed by atoms with Crippen LogP contribution in [0, 0.1) is 12.8 Å². The molecular weight excluding hydrogens is 272 g/mol. The lowest BCUT2D eigenvalue weighted by Crippen LogP contribution is -2.37. The van der Waals surface area contributed by atoms with Crippen molar-refractivity contribution in [1.82, 2.24) is 4.90 Å². The van der Waals surface area contributed by atoms with Gasteiger partial charge in [-0.1, -0.05) is 45.9 Å². The topological polar surface area (TPSA) is 32.3 Å². The number of hydrogen-bond donors (Lipinski definition) is 1. The van der Waals surface area contributed by atoms with Crippen molar-refractivity contribution in [2.75, 3.05) is 18.4 Å². The van der Waals surface area contributed by atoms with Crippen molar-refractivity contribution in [3.05, 3.63) is 29.3 Å². The molecule has 1 saturated carbocycles. The number of para-hydroxylation sites is 1. The molecular formula is C19H30N2O. The summed E-state index contributed by atoms with van der Waals surface area (Å²) in [7, 11) is 0. The number of anilines is 1. The van der Waals surface area contributed by atoms with E-state index >= 15 is 0 Å². The minimum Gasteiger partial charge on any atom is -0.324 e. The predicted molar refractivity (Wildman–Crippen MR) is 93.5 cm³/mol. The minimum absolute atomic E-state index is 0.0146. The van der Waals surface area contributed by atoms with Crippen LogP contribution in [0.1, 0.15) is 58.1 Å². The van der Waals surface area contributed by atoms with Crippen LogP contribution < -0.4 is 5.32 Å². The fourth-order valence-corrected chi connectivity index (χ4v) is 2.80. The first-order chi connectivity index (χ1) is 10.3. The van der Waals surface area contributed by atoms with Crippen LogP contribution in [0.15, 0.2) is 18.2 Å². The highest BCUT2D eigenvalue weighted by Crippen LogP contribution is 2.33. The fraction of sp³-hybridized carbons (Fsp3) is 0.632. The van der Waals surface area contributed by atoms with Gasteiger partial charge in [-0.2, -0.15) is 0 Å². The van der Waals surface area contributed by atoms with Crippen molar-refractivity contribution in [3.8, 4) is 0 Å². The molecule has 1 fully saturated rings. The van der Waals surface area contributed by atoms with E-state index in [0.717, 1.165) is 36.7 Å². The molecule has 1 aliphatic rings. The molecule has 0 heterocycles. The van der Waals surface area contributed by atoms with Gasteiger partial charge in [-0.25, -0.2) is 4.79 Å². The first kappa shape index (κ1) is 16.9. The van der Waals surface area contributed by atoms with E-state index in [0.29, 0.717) is 0 Å². The maximum absolute atomic E-state index is 12.7. The van der Waals surface area contributed by atoms with Crippen molar-refractivity contribution in [2.24, 2.45) is 5.92 Å². The maximum atomic E-state index is 12.7. The molecule has 2 amide bonds. The van der Waals surface area contributed by atoms with Gasteiger partial charge in [0.15, 0.2) is 0 Å². The largest absolute Gasteiger partial charge is 0.324 e. The highest BCUT2D eigenvalue weighted by Gasteiger charge is 2.27. The summed E-state index contributed by atoms with van der Waals surface area (Å²) in [4.78, 5) is 14.7. The van der Waals surface area contributed by atoms with Gasteiger partial charge >= 0.3 is 6.03 Å². The summed E-state index contributed by atoms with van der Waals surface area (Å²) in [6, 6.07) is 6.30. The molecule has 0 spiro atoms. The summed E-state index contributed by atoms with van der Waals surface area (Å²) < 4.78 is 0. The average molecular weight is 302 g/mol. The number of carbonyl (C=O) groups excluding carboxylic acids is 1. The number of hydrogen-bond acceptors (Lipinski definition) is 1. The van der Waals surface area contributed by atoms with Gasteiger partial charge in [-0.15, -0.1) is 0 Å². The Morgan fingerprint density at radius 2 is 2.00 bits per heavy atom. The van der Waals surface area contributed by atoms with Crippen LogP contribution in [0.3, 0.4) is 0 Å². The number of aryl methyl sites for hydroxylation is 1. The molecule has 22 heavy (non-hydrogen) atoms. The number of nitrogens with zero attached hydrogens (tertiary/aromatic N) is 1. The van der Waals surface area contributed by atoms with Crippen molar-refractivity contribution >= 4 is 11.7 Å². The smallest absolute Gasteiger partial charge is 0.321 e. The van der Waals surface area contributed by atoms with E-state index < -0.39 is 0 Å². The molecule has 3 heteroatoms. The minimum atomic E-state index is 0.0146. The molecule has 2 rings (SSSR count). The van der Waals surface area contributed by atoms with Crippen LogP contribution >= 0.6 is 0 Å². The molecule has 0 saturated heterocycles. The Balaban J connectivity index is 2.19. The zero-order chi connectivity index (χ0) is 16.3. The van der Waals surface area contributed by atoms with E-state index in [4.69, 9.17) is 0 Å². The highest BCUT2D eigenvalue weighted by molar-refractivity contribution is 5.91. The molecule has 1 N–H and O–H groups in total. The molecule has 0 bridgehead atoms. The molecule has 0 atom stereocenters. The van der Waals surface area contributed by atoms with Crippen molar-refractivity contribution in [1.29, 1.82) is 0 Å². The summed E-state index contributed by atoms with van der Waals surface area (Å²) in [5.41, 5.74) is 3.32. The van der Waals surface area contributed by atoms with Gasteiger partial charge < -0.3 is 10.2 Å². The molecule has 0 aromatic heterocycles. The molecule has 0 radical (unpaired) electrons. The van der Waals surface area contributed by atoms with Crippen LogP contribution in [0.4, 0.5) is 10.5 Å². The lowest BCUT2D eigenvalue weighted by Gasteiger charge is -2.27. The molecule has 3 nitrogen and oxygen atoms in total. The first-order valence-electron chi connectivity index (χ1n) is 8.49. The van der Waals surface area contributed by atoms with Crippen LogP contribution in [-0.4, -0.2) is 24.0 Å². The quantitative estimate of drug-likeness (QED) is 0.820. The number of urea groups is 1. The first-order valence-corrected chi connectivity index (χ1v) is 8.49. The number of nitrogens with one attached hydrogen (secondary N) is 1. The van der Waals surface area contributed by atoms with Gasteiger partial charge in [-0.3, -0.25) is 0 Å². The Morgan fingerprint density at radius 3 is 2.55 bits per heavy atom. The zero-order valence-electron chi connectivity index (χ0n) is 14.7. The number of carbonyl (C=O) groups is 1. The second-order valence-corrected chi connectivity index (χ2v) is 7.57. The Morgan fingerprint density at radius 1 is 1.32 bits per heavy atom. The lowest BCUT2D eigenvalue weighted by atomic mass is 9.84. The van der Waals surface area contributed by atoms with Crippen molar-refractivity contribution in [3.63, 3.8) is 0 Å². The van der Waals surface area contributed by atoms with Gasteiger partial charge in [0.2, 0.25) is 0 Å². The molecule has 1 aliphatic carbocycles.